The number of hydrogen-bond acceptors (Lipinski definition) is 20. The number of rotatable bonds is 9. The van der Waals surface area contributed by atoms with Crippen molar-refractivity contribution in [2.24, 2.45) is 46.3 Å². The van der Waals surface area contributed by atoms with E-state index in [0.29, 0.717) is 48.3 Å². The van der Waals surface area contributed by atoms with E-state index in [2.05, 4.69) is 39.1 Å². The highest BCUT2D eigenvalue weighted by Gasteiger charge is 2.68. The molecule has 3 saturated carbocycles. The molecule has 400 valence electrons. The van der Waals surface area contributed by atoms with Gasteiger partial charge in [0.2, 0.25) is 0 Å². The van der Waals surface area contributed by atoms with Gasteiger partial charge in [0.15, 0.2) is 25.2 Å². The van der Waals surface area contributed by atoms with Gasteiger partial charge in [0.25, 0.3) is 0 Å². The summed E-state index contributed by atoms with van der Waals surface area (Å²) in [6.07, 6.45) is -18.0. The Hall–Kier alpha value is -1.06. The minimum absolute atomic E-state index is 0.0520. The van der Waals surface area contributed by atoms with E-state index in [-0.39, 0.29) is 22.7 Å². The third-order valence-corrected chi connectivity index (χ3v) is 19.6. The molecule has 20 nitrogen and oxygen atoms in total. The molecule has 0 unspecified atom stereocenters. The van der Waals surface area contributed by atoms with Gasteiger partial charge in [-0.1, -0.05) is 39.3 Å². The molecular formula is C50H81NO19. The van der Waals surface area contributed by atoms with E-state index in [0.717, 1.165) is 38.6 Å². The largest absolute Gasteiger partial charge is 0.394 e. The van der Waals surface area contributed by atoms with Crippen LogP contribution in [0, 0.1) is 46.3 Å². The maximum Gasteiger partial charge on any atom is 0.187 e. The zero-order chi connectivity index (χ0) is 49.9. The van der Waals surface area contributed by atoms with E-state index in [1.165, 1.54) is 32.3 Å². The van der Waals surface area contributed by atoms with Crippen LogP contribution in [0.1, 0.15) is 99.3 Å². The minimum Gasteiger partial charge on any atom is -0.394 e. The van der Waals surface area contributed by atoms with Gasteiger partial charge in [-0.2, -0.15) is 0 Å². The number of aliphatic hydroxyl groups excluding tert-OH is 10. The Balaban J connectivity index is 0.865. The van der Waals surface area contributed by atoms with E-state index < -0.39 is 136 Å². The summed E-state index contributed by atoms with van der Waals surface area (Å²) in [6, 6.07) is 0. The summed E-state index contributed by atoms with van der Waals surface area (Å²) in [6.45, 7) is 12.5. The Morgan fingerprint density at radius 1 is 0.657 bits per heavy atom. The molecule has 0 aromatic carbocycles. The molecule has 11 N–H and O–H groups in total. The second-order valence-electron chi connectivity index (χ2n) is 23.6. The van der Waals surface area contributed by atoms with Crippen LogP contribution in [0.4, 0.5) is 0 Å². The first kappa shape index (κ1) is 52.4. The summed E-state index contributed by atoms with van der Waals surface area (Å²) in [5, 5.41) is 112. The molecule has 6 saturated heterocycles. The third-order valence-electron chi connectivity index (χ3n) is 19.6. The molecular weight excluding hydrogens is 919 g/mol. The first-order valence-electron chi connectivity index (χ1n) is 26.2. The molecule has 70 heavy (non-hydrogen) atoms. The third kappa shape index (κ3) is 8.79. The van der Waals surface area contributed by atoms with E-state index in [9.17, 15) is 51.1 Å². The maximum atomic E-state index is 12.3. The first-order chi connectivity index (χ1) is 33.2. The molecule has 9 fully saturated rings. The Bertz CT molecular complexity index is 1860. The minimum atomic E-state index is -1.78. The normalized spacial score (nSPS) is 58.0. The van der Waals surface area contributed by atoms with Crippen LogP contribution in [0.2, 0.25) is 0 Å². The van der Waals surface area contributed by atoms with E-state index >= 15 is 0 Å². The van der Waals surface area contributed by atoms with Crippen molar-refractivity contribution < 1.29 is 93.7 Å². The van der Waals surface area contributed by atoms with Crippen molar-refractivity contribution in [1.82, 2.24) is 5.32 Å². The average Bonchev–Trinajstić information content (AvgIpc) is 3.78. The van der Waals surface area contributed by atoms with E-state index in [1.54, 1.807) is 0 Å². The van der Waals surface area contributed by atoms with Crippen LogP contribution in [0.15, 0.2) is 11.6 Å². The van der Waals surface area contributed by atoms with Gasteiger partial charge in [0.1, 0.15) is 85.1 Å². The number of allylic oxidation sites excluding steroid dienone is 1. The highest BCUT2D eigenvalue weighted by molar-refractivity contribution is 5.27. The summed E-state index contributed by atoms with van der Waals surface area (Å²) >= 11 is 0. The van der Waals surface area contributed by atoms with Crippen LogP contribution in [0.25, 0.3) is 0 Å². The standard InChI is InChI=1S/C50H81NO19/c1-20-9-14-50(51-17-20)21(2)32-30(70-50)16-28-26-8-7-24-15-25(10-12-48(24,5)27(26)11-13-49(28,32)6)65-47-43(69-45-39(60)36(57)33(54)22(3)63-45)40(61)41(31(18-52)66-47)67-46-42(37(58)34(55)23(4)64-46)68-44-38(59)35(56)29(53)19-62-44/h7,20-23,25-47,51-61H,8-19H2,1-6H3/t20-,21-,22-,23-,25-,26+,27-,28-,29+,30-,31+,32-,33-,34-,35-,36+,37+,38+,39+,40-,41+,42+,43+,44-,45-,46-,47+,48-,49-,50-/m0/s1. The molecule has 0 amide bonds. The van der Waals surface area contributed by atoms with Gasteiger partial charge in [0.05, 0.1) is 37.6 Å². The van der Waals surface area contributed by atoms with Crippen molar-refractivity contribution in [2.45, 2.75) is 234 Å². The number of piperidine rings is 1. The molecule has 0 aromatic rings. The summed E-state index contributed by atoms with van der Waals surface area (Å²) in [4.78, 5) is 0. The number of aliphatic hydroxyl groups is 10. The first-order valence-corrected chi connectivity index (χ1v) is 26.2. The summed E-state index contributed by atoms with van der Waals surface area (Å²) in [5.74, 6) is 3.25. The highest BCUT2D eigenvalue weighted by atomic mass is 16.8. The van der Waals surface area contributed by atoms with Gasteiger partial charge in [0, 0.05) is 12.5 Å². The van der Waals surface area contributed by atoms with Gasteiger partial charge in [-0.3, -0.25) is 5.32 Å². The quantitative estimate of drug-likeness (QED) is 0.127. The monoisotopic (exact) mass is 1000 g/mol. The van der Waals surface area contributed by atoms with Crippen molar-refractivity contribution >= 4 is 0 Å². The maximum absolute atomic E-state index is 12.3. The van der Waals surface area contributed by atoms with Crippen LogP contribution in [-0.4, -0.2) is 205 Å². The van der Waals surface area contributed by atoms with Crippen LogP contribution < -0.4 is 5.32 Å². The van der Waals surface area contributed by atoms with Crippen LogP contribution in [0.3, 0.4) is 0 Å². The highest BCUT2D eigenvalue weighted by Crippen LogP contribution is 2.70. The zero-order valence-electron chi connectivity index (χ0n) is 41.3. The van der Waals surface area contributed by atoms with Crippen molar-refractivity contribution in [3.05, 3.63) is 11.6 Å². The summed E-state index contributed by atoms with van der Waals surface area (Å²) < 4.78 is 55.9. The molecule has 20 heteroatoms. The van der Waals surface area contributed by atoms with Crippen molar-refractivity contribution in [2.75, 3.05) is 19.8 Å². The van der Waals surface area contributed by atoms with Crippen LogP contribution in [-0.2, 0) is 42.6 Å². The predicted molar refractivity (Wildman–Crippen MR) is 241 cm³/mol. The van der Waals surface area contributed by atoms with Gasteiger partial charge in [-0.25, -0.2) is 0 Å². The Morgan fingerprint density at radius 3 is 2.03 bits per heavy atom. The lowest BCUT2D eigenvalue weighted by Crippen LogP contribution is -2.67. The van der Waals surface area contributed by atoms with Crippen molar-refractivity contribution in [3.63, 3.8) is 0 Å². The summed E-state index contributed by atoms with van der Waals surface area (Å²) in [5.41, 5.74) is 1.27. The second-order valence-corrected chi connectivity index (χ2v) is 23.6. The van der Waals surface area contributed by atoms with Gasteiger partial charge in [-0.05, 0) is 112 Å². The number of ether oxygens (including phenoxy) is 9. The Kier molecular flexibility index (Phi) is 14.8. The van der Waals surface area contributed by atoms with Gasteiger partial charge >= 0.3 is 0 Å². The topological polar surface area (TPSA) is 297 Å². The fraction of sp³-hybridized carbons (Fsp3) is 0.960. The average molecular weight is 1000 g/mol. The lowest BCUT2D eigenvalue weighted by atomic mass is 9.47. The molecule has 10 rings (SSSR count). The van der Waals surface area contributed by atoms with Crippen molar-refractivity contribution in [3.8, 4) is 0 Å². The molecule has 4 aliphatic carbocycles. The van der Waals surface area contributed by atoms with Gasteiger partial charge in [-0.15, -0.1) is 0 Å². The van der Waals surface area contributed by atoms with Gasteiger partial charge < -0.3 is 93.7 Å². The Morgan fingerprint density at radius 2 is 1.31 bits per heavy atom. The molecule has 0 bridgehead atoms. The molecule has 30 atom stereocenters. The molecule has 10 aliphatic rings. The molecule has 0 aromatic heterocycles. The second kappa shape index (κ2) is 19.8. The number of hydrogen-bond donors (Lipinski definition) is 11. The molecule has 6 aliphatic heterocycles. The van der Waals surface area contributed by atoms with Crippen LogP contribution in [0.5, 0.6) is 0 Å². The molecule has 1 spiro atoms. The van der Waals surface area contributed by atoms with E-state index in [4.69, 9.17) is 42.6 Å². The fourth-order valence-electron chi connectivity index (χ4n) is 15.3. The van der Waals surface area contributed by atoms with Crippen molar-refractivity contribution in [1.29, 1.82) is 0 Å². The predicted octanol–water partition coefficient (Wildman–Crippen LogP) is -0.722. The fourth-order valence-corrected chi connectivity index (χ4v) is 15.3. The Labute approximate surface area is 409 Å². The zero-order valence-corrected chi connectivity index (χ0v) is 41.3. The lowest BCUT2D eigenvalue weighted by molar-refractivity contribution is -0.397. The van der Waals surface area contributed by atoms with E-state index in [1.807, 2.05) is 0 Å². The number of nitrogens with one attached hydrogen (secondary N) is 1. The molecule has 0 radical (unpaired) electrons. The smallest absolute Gasteiger partial charge is 0.187 e. The SMILES string of the molecule is C[C@H]1CC[C@]2(NC1)O[C@H]1C[C@H]3[C@@H]4CC=C5C[C@@H](O[C@@H]6O[C@H](CO)[C@@H](O[C@@H]7O[C@@H](C)[C@H](O)[C@@H](O)[C@H]7O[C@@H]7OC[C@@H](O)[C@H](O)[C@H]7O)[C@H](O)[C@H]6O[C@@H]6O[C@@H](C)[C@H](O)[C@@H](O)[C@H]6O)CC[C@]5(C)[C@H]4CC[C@]3(C)[C@H]1[C@@H]2C. The lowest BCUT2D eigenvalue weighted by Gasteiger charge is -2.59. The summed E-state index contributed by atoms with van der Waals surface area (Å²) in [7, 11) is 0. The molecule has 6 heterocycles. The van der Waals surface area contributed by atoms with Crippen LogP contribution >= 0.6 is 0 Å². The number of fused-ring (bicyclic) bond motifs is 7.